The van der Waals surface area contributed by atoms with E-state index in [1.54, 1.807) is 6.07 Å². The van der Waals surface area contributed by atoms with Gasteiger partial charge in [0.05, 0.1) is 19.0 Å². The first kappa shape index (κ1) is 17.2. The van der Waals surface area contributed by atoms with Gasteiger partial charge in [0.1, 0.15) is 5.69 Å². The number of nitrogens with one attached hydrogen (secondary N) is 1. The molecule has 7 heteroatoms. The second-order valence-electron chi connectivity index (χ2n) is 3.53. The molecular formula is C12H19F2N3O2. The van der Waals surface area contributed by atoms with Gasteiger partial charge in [-0.15, -0.1) is 0 Å². The monoisotopic (exact) mass is 275 g/mol. The summed E-state index contributed by atoms with van der Waals surface area (Å²) in [7, 11) is 1.31. The highest BCUT2D eigenvalue weighted by Crippen LogP contribution is 2.01. The van der Waals surface area contributed by atoms with Gasteiger partial charge >= 0.3 is 5.97 Å². The van der Waals surface area contributed by atoms with Crippen molar-refractivity contribution in [2.45, 2.75) is 12.8 Å². The zero-order valence-corrected chi connectivity index (χ0v) is 10.9. The topological polar surface area (TPSA) is 77.2 Å². The lowest BCUT2D eigenvalue weighted by Crippen LogP contribution is -2.03. The van der Waals surface area contributed by atoms with Gasteiger partial charge in [0.15, 0.2) is 0 Å². The number of nitrogens with two attached hydrogens (primary N) is 1. The fourth-order valence-electron chi connectivity index (χ4n) is 1.26. The Morgan fingerprint density at radius 1 is 1.42 bits per heavy atom. The maximum atomic E-state index is 10.8. The first-order chi connectivity index (χ1) is 9.15. The van der Waals surface area contributed by atoms with Crippen molar-refractivity contribution in [3.63, 3.8) is 0 Å². The van der Waals surface area contributed by atoms with E-state index < -0.39 is 12.9 Å². The Bertz CT molecular complexity index is 336. The molecule has 1 aliphatic rings. The van der Waals surface area contributed by atoms with E-state index in [1.165, 1.54) is 45.3 Å². The third-order valence-corrected chi connectivity index (χ3v) is 2.14. The van der Waals surface area contributed by atoms with Crippen LogP contribution in [-0.4, -0.2) is 38.1 Å². The molecule has 1 aromatic heterocycles. The van der Waals surface area contributed by atoms with Crippen LogP contribution in [0.15, 0.2) is 18.3 Å². The third-order valence-electron chi connectivity index (χ3n) is 2.14. The maximum Gasteiger partial charge on any atom is 0.356 e. The molecule has 0 aromatic carbocycles. The minimum atomic E-state index is -1.75. The predicted molar refractivity (Wildman–Crippen MR) is 69.2 cm³/mol. The highest BCUT2D eigenvalue weighted by molar-refractivity contribution is 5.87. The molecule has 0 spiro atoms. The molecule has 0 bridgehead atoms. The van der Waals surface area contributed by atoms with Gasteiger partial charge < -0.3 is 15.8 Å². The highest BCUT2D eigenvalue weighted by Gasteiger charge is 2.04. The van der Waals surface area contributed by atoms with E-state index in [9.17, 15) is 13.6 Å². The van der Waals surface area contributed by atoms with E-state index in [-0.39, 0.29) is 5.69 Å². The molecule has 0 radical (unpaired) electrons. The molecule has 1 saturated heterocycles. The van der Waals surface area contributed by atoms with E-state index in [4.69, 9.17) is 5.73 Å². The normalized spacial score (nSPS) is 12.6. The summed E-state index contributed by atoms with van der Waals surface area (Å²) in [6, 6.07) is 3.11. The van der Waals surface area contributed by atoms with Crippen molar-refractivity contribution in [1.82, 2.24) is 10.3 Å². The van der Waals surface area contributed by atoms with Crippen molar-refractivity contribution in [2.75, 3.05) is 32.9 Å². The summed E-state index contributed by atoms with van der Waals surface area (Å²) < 4.78 is 23.7. The molecule has 19 heavy (non-hydrogen) atoms. The molecule has 1 fully saturated rings. The van der Waals surface area contributed by atoms with Gasteiger partial charge in [-0.05, 0) is 38.1 Å². The SMILES string of the molecule is C1CCNC1.COC(=O)c1ccc(N)cn1.FCF. The van der Waals surface area contributed by atoms with Crippen molar-refractivity contribution >= 4 is 11.7 Å². The van der Waals surface area contributed by atoms with E-state index in [2.05, 4.69) is 15.0 Å². The largest absolute Gasteiger partial charge is 0.464 e. The predicted octanol–water partition coefficient (Wildman–Crippen LogP) is 1.70. The summed E-state index contributed by atoms with van der Waals surface area (Å²) in [6.07, 6.45) is 4.19. The van der Waals surface area contributed by atoms with Gasteiger partial charge in [0, 0.05) is 0 Å². The Morgan fingerprint density at radius 3 is 2.32 bits per heavy atom. The number of hydrogen-bond acceptors (Lipinski definition) is 5. The first-order valence-corrected chi connectivity index (χ1v) is 5.78. The van der Waals surface area contributed by atoms with Gasteiger partial charge in [-0.3, -0.25) is 0 Å². The average molecular weight is 275 g/mol. The number of anilines is 1. The number of carbonyl (C=O) groups is 1. The zero-order chi connectivity index (χ0) is 14.5. The Hall–Kier alpha value is -1.76. The fourth-order valence-corrected chi connectivity index (χ4v) is 1.26. The highest BCUT2D eigenvalue weighted by atomic mass is 19.3. The van der Waals surface area contributed by atoms with Crippen molar-refractivity contribution in [1.29, 1.82) is 0 Å². The molecule has 2 heterocycles. The molecule has 0 saturated carbocycles. The number of halogens is 2. The van der Waals surface area contributed by atoms with Gasteiger partial charge in [0.25, 0.3) is 0 Å². The molecule has 0 aliphatic carbocycles. The maximum absolute atomic E-state index is 10.8. The zero-order valence-electron chi connectivity index (χ0n) is 10.9. The summed E-state index contributed by atoms with van der Waals surface area (Å²) in [6.45, 7) is 0.750. The molecule has 1 aromatic rings. The van der Waals surface area contributed by atoms with Crippen LogP contribution in [0.3, 0.4) is 0 Å². The van der Waals surface area contributed by atoms with Gasteiger partial charge in [0.2, 0.25) is 6.93 Å². The lowest BCUT2D eigenvalue weighted by atomic mass is 10.3. The second-order valence-corrected chi connectivity index (χ2v) is 3.53. The number of rotatable bonds is 1. The van der Waals surface area contributed by atoms with E-state index in [0.717, 1.165) is 0 Å². The van der Waals surface area contributed by atoms with E-state index >= 15 is 0 Å². The van der Waals surface area contributed by atoms with Crippen LogP contribution >= 0.6 is 0 Å². The van der Waals surface area contributed by atoms with Crippen LogP contribution in [0.2, 0.25) is 0 Å². The van der Waals surface area contributed by atoms with Crippen molar-refractivity contribution < 1.29 is 18.3 Å². The third kappa shape index (κ3) is 8.90. The van der Waals surface area contributed by atoms with E-state index in [0.29, 0.717) is 5.69 Å². The molecule has 108 valence electrons. The number of carbonyl (C=O) groups excluding carboxylic acids is 1. The number of pyridine rings is 1. The number of nitrogen functional groups attached to an aromatic ring is 1. The summed E-state index contributed by atoms with van der Waals surface area (Å²) in [4.78, 5) is 14.5. The number of methoxy groups -OCH3 is 1. The first-order valence-electron chi connectivity index (χ1n) is 5.78. The smallest absolute Gasteiger partial charge is 0.356 e. The second kappa shape index (κ2) is 11.3. The minimum Gasteiger partial charge on any atom is -0.464 e. The Kier molecular flexibility index (Phi) is 10.3. The molecule has 2 rings (SSSR count). The molecule has 0 unspecified atom stereocenters. The molecule has 0 amide bonds. The quantitative estimate of drug-likeness (QED) is 0.763. The number of alkyl halides is 2. The average Bonchev–Trinajstić information content (AvgIpc) is 2.99. The van der Waals surface area contributed by atoms with Crippen molar-refractivity contribution in [3.8, 4) is 0 Å². The van der Waals surface area contributed by atoms with Gasteiger partial charge in [-0.1, -0.05) is 0 Å². The molecular weight excluding hydrogens is 256 g/mol. The molecule has 1 aliphatic heterocycles. The van der Waals surface area contributed by atoms with Crippen LogP contribution in [0.25, 0.3) is 0 Å². The number of nitrogens with zero attached hydrogens (tertiary/aromatic N) is 1. The number of hydrogen-bond donors (Lipinski definition) is 2. The number of ether oxygens (including phenoxy) is 1. The van der Waals surface area contributed by atoms with Crippen molar-refractivity contribution in [3.05, 3.63) is 24.0 Å². The fraction of sp³-hybridized carbons (Fsp3) is 0.500. The van der Waals surface area contributed by atoms with Crippen LogP contribution in [0.4, 0.5) is 14.5 Å². The van der Waals surface area contributed by atoms with Crippen LogP contribution in [0.1, 0.15) is 23.3 Å². The van der Waals surface area contributed by atoms with Crippen LogP contribution < -0.4 is 11.1 Å². The summed E-state index contributed by atoms with van der Waals surface area (Å²) in [5.74, 6) is -0.454. The summed E-state index contributed by atoms with van der Waals surface area (Å²) in [5, 5.41) is 3.22. The Labute approximate surface area is 111 Å². The number of esters is 1. The van der Waals surface area contributed by atoms with Crippen LogP contribution in [-0.2, 0) is 4.74 Å². The molecule has 3 N–H and O–H groups in total. The van der Waals surface area contributed by atoms with Crippen LogP contribution in [0.5, 0.6) is 0 Å². The number of aromatic nitrogens is 1. The van der Waals surface area contributed by atoms with E-state index in [1.807, 2.05) is 0 Å². The Balaban J connectivity index is 0.000000334. The van der Waals surface area contributed by atoms with Gasteiger partial charge in [-0.2, -0.15) is 0 Å². The standard InChI is InChI=1S/C7H8N2O2.C4H9N.CH2F2/c1-11-7(10)6-3-2-5(8)4-9-6;1-2-4-5-3-1;2-1-3/h2-4H,8H2,1H3;5H,1-4H2;1H2. The molecule has 0 atom stereocenters. The lowest BCUT2D eigenvalue weighted by molar-refractivity contribution is 0.0594. The molecule has 5 nitrogen and oxygen atoms in total. The minimum absolute atomic E-state index is 0.265. The lowest BCUT2D eigenvalue weighted by Gasteiger charge is -1.96. The summed E-state index contributed by atoms with van der Waals surface area (Å²) in [5.41, 5.74) is 6.14. The van der Waals surface area contributed by atoms with Crippen molar-refractivity contribution in [2.24, 2.45) is 0 Å². The van der Waals surface area contributed by atoms with Gasteiger partial charge in [-0.25, -0.2) is 18.6 Å². The summed E-state index contributed by atoms with van der Waals surface area (Å²) >= 11 is 0. The Morgan fingerprint density at radius 2 is 2.00 bits per heavy atom. The van der Waals surface area contributed by atoms with Crippen LogP contribution in [0, 0.1) is 0 Å².